The third-order valence-corrected chi connectivity index (χ3v) is 6.70. The second kappa shape index (κ2) is 12.8. The molecular formula is C33H36O3. The first-order chi connectivity index (χ1) is 17.7. The number of hydrogen-bond acceptors (Lipinski definition) is 3. The minimum Gasteiger partial charge on any atom is -0.497 e. The van der Waals surface area contributed by atoms with E-state index < -0.39 is 0 Å². The molecule has 0 aliphatic rings. The minimum atomic E-state index is 0.807. The first kappa shape index (κ1) is 25.4. The molecule has 0 N–H and O–H groups in total. The molecule has 0 heterocycles. The van der Waals surface area contributed by atoms with Crippen molar-refractivity contribution in [2.45, 2.75) is 38.5 Å². The van der Waals surface area contributed by atoms with Gasteiger partial charge in [0.1, 0.15) is 17.2 Å². The van der Waals surface area contributed by atoms with Crippen molar-refractivity contribution in [2.75, 3.05) is 21.3 Å². The maximum absolute atomic E-state index is 5.40. The van der Waals surface area contributed by atoms with Gasteiger partial charge >= 0.3 is 0 Å². The van der Waals surface area contributed by atoms with Crippen LogP contribution in [0.5, 0.6) is 17.2 Å². The van der Waals surface area contributed by atoms with Crippen LogP contribution in [0.4, 0.5) is 0 Å². The van der Waals surface area contributed by atoms with Crippen LogP contribution in [0.1, 0.15) is 36.8 Å². The van der Waals surface area contributed by atoms with E-state index in [1.807, 2.05) is 30.3 Å². The van der Waals surface area contributed by atoms with E-state index in [0.29, 0.717) is 0 Å². The summed E-state index contributed by atoms with van der Waals surface area (Å²) in [7, 11) is 5.06. The zero-order valence-corrected chi connectivity index (χ0v) is 21.6. The number of unbranched alkanes of at least 4 members (excludes halogenated alkanes) is 3. The molecule has 0 unspecified atom stereocenters. The Balaban J connectivity index is 1.18. The zero-order valence-electron chi connectivity index (χ0n) is 21.6. The van der Waals surface area contributed by atoms with Crippen molar-refractivity contribution in [1.29, 1.82) is 0 Å². The maximum atomic E-state index is 5.40. The van der Waals surface area contributed by atoms with E-state index >= 15 is 0 Å². The van der Waals surface area contributed by atoms with Crippen LogP contribution in [-0.2, 0) is 12.8 Å². The highest BCUT2D eigenvalue weighted by Gasteiger charge is 2.05. The molecule has 0 aliphatic carbocycles. The average molecular weight is 481 g/mol. The third-order valence-electron chi connectivity index (χ3n) is 6.70. The summed E-state index contributed by atoms with van der Waals surface area (Å²) in [6.45, 7) is 0. The van der Waals surface area contributed by atoms with Crippen molar-refractivity contribution in [1.82, 2.24) is 0 Å². The Labute approximate surface area is 215 Å². The Morgan fingerprint density at radius 3 is 1.19 bits per heavy atom. The fraction of sp³-hybridized carbons (Fsp3) is 0.273. The first-order valence-corrected chi connectivity index (χ1v) is 12.7. The average Bonchev–Trinajstić information content (AvgIpc) is 2.95. The van der Waals surface area contributed by atoms with Gasteiger partial charge in [0.15, 0.2) is 0 Å². The lowest BCUT2D eigenvalue weighted by Crippen LogP contribution is -1.90. The summed E-state index contributed by atoms with van der Waals surface area (Å²) in [5, 5.41) is 0. The van der Waals surface area contributed by atoms with Crippen molar-refractivity contribution in [2.24, 2.45) is 0 Å². The molecule has 0 spiro atoms. The lowest BCUT2D eigenvalue weighted by atomic mass is 9.99. The fourth-order valence-corrected chi connectivity index (χ4v) is 4.50. The van der Waals surface area contributed by atoms with Crippen LogP contribution < -0.4 is 14.2 Å². The van der Waals surface area contributed by atoms with Crippen molar-refractivity contribution in [3.05, 3.63) is 102 Å². The van der Waals surface area contributed by atoms with Crippen molar-refractivity contribution in [3.8, 4) is 39.5 Å². The quantitative estimate of drug-likeness (QED) is 0.191. The van der Waals surface area contributed by atoms with Gasteiger partial charge in [-0.25, -0.2) is 0 Å². The summed E-state index contributed by atoms with van der Waals surface area (Å²) in [5.74, 6) is 2.50. The van der Waals surface area contributed by atoms with E-state index in [9.17, 15) is 0 Å². The van der Waals surface area contributed by atoms with Crippen LogP contribution in [0, 0.1) is 0 Å². The smallest absolute Gasteiger partial charge is 0.123 e. The summed E-state index contributed by atoms with van der Waals surface area (Å²) >= 11 is 0. The minimum absolute atomic E-state index is 0.807. The van der Waals surface area contributed by atoms with Gasteiger partial charge in [0, 0.05) is 6.07 Å². The summed E-state index contributed by atoms with van der Waals surface area (Å²) in [6.07, 6.45) is 7.25. The lowest BCUT2D eigenvalue weighted by Gasteiger charge is -2.09. The molecule has 4 aromatic rings. The topological polar surface area (TPSA) is 27.7 Å². The maximum Gasteiger partial charge on any atom is 0.123 e. The Kier molecular flexibility index (Phi) is 9.04. The fourth-order valence-electron chi connectivity index (χ4n) is 4.50. The van der Waals surface area contributed by atoms with E-state index in [-0.39, 0.29) is 0 Å². The molecule has 4 aromatic carbocycles. The number of methoxy groups -OCH3 is 3. The predicted octanol–water partition coefficient (Wildman–Crippen LogP) is 8.39. The van der Waals surface area contributed by atoms with Crippen LogP contribution >= 0.6 is 0 Å². The van der Waals surface area contributed by atoms with Gasteiger partial charge in [0.2, 0.25) is 0 Å². The first-order valence-electron chi connectivity index (χ1n) is 12.7. The van der Waals surface area contributed by atoms with Gasteiger partial charge in [0.25, 0.3) is 0 Å². The predicted molar refractivity (Wildman–Crippen MR) is 149 cm³/mol. The third kappa shape index (κ3) is 6.91. The van der Waals surface area contributed by atoms with Crippen molar-refractivity contribution in [3.63, 3.8) is 0 Å². The highest BCUT2D eigenvalue weighted by atomic mass is 16.5. The Bertz CT molecular complexity index is 1190. The molecule has 0 aliphatic heterocycles. The highest BCUT2D eigenvalue weighted by Crippen LogP contribution is 2.30. The van der Waals surface area contributed by atoms with E-state index in [2.05, 4.69) is 60.7 Å². The summed E-state index contributed by atoms with van der Waals surface area (Å²) < 4.78 is 16.1. The molecule has 0 bridgehead atoms. The number of benzene rings is 4. The summed E-state index contributed by atoms with van der Waals surface area (Å²) in [5.41, 5.74) is 7.56. The molecule has 0 aromatic heterocycles. The molecule has 186 valence electrons. The standard InChI is InChI=1S/C33H36O3/c1-34-31-20-18-28(19-21-31)27-14-10-25(11-15-27)8-6-4-5-7-9-26-12-16-29(17-13-26)30-22-32(35-2)24-33(23-30)36-3/h10-24H,4-9H2,1-3H3. The normalized spacial score (nSPS) is 10.8. The van der Waals surface area contributed by atoms with E-state index in [1.165, 1.54) is 53.5 Å². The molecule has 0 saturated carbocycles. The Morgan fingerprint density at radius 1 is 0.389 bits per heavy atom. The molecule has 3 heteroatoms. The highest BCUT2D eigenvalue weighted by molar-refractivity contribution is 5.67. The monoisotopic (exact) mass is 480 g/mol. The van der Waals surface area contributed by atoms with Crippen molar-refractivity contribution < 1.29 is 14.2 Å². The largest absolute Gasteiger partial charge is 0.497 e. The summed E-state index contributed by atoms with van der Waals surface area (Å²) in [6, 6.07) is 32.1. The van der Waals surface area contributed by atoms with Crippen LogP contribution in [0.15, 0.2) is 91.0 Å². The summed E-state index contributed by atoms with van der Waals surface area (Å²) in [4.78, 5) is 0. The van der Waals surface area contributed by atoms with Crippen LogP contribution in [-0.4, -0.2) is 21.3 Å². The van der Waals surface area contributed by atoms with Gasteiger partial charge in [0.05, 0.1) is 21.3 Å². The van der Waals surface area contributed by atoms with E-state index in [0.717, 1.165) is 35.7 Å². The molecular weight excluding hydrogens is 444 g/mol. The SMILES string of the molecule is COc1ccc(-c2ccc(CCCCCCc3ccc(-c4cc(OC)cc(OC)c4)cc3)cc2)cc1. The molecule has 4 rings (SSSR count). The van der Waals surface area contributed by atoms with Crippen LogP contribution in [0.3, 0.4) is 0 Å². The Morgan fingerprint density at radius 2 is 0.778 bits per heavy atom. The van der Waals surface area contributed by atoms with Gasteiger partial charge in [-0.2, -0.15) is 0 Å². The van der Waals surface area contributed by atoms with Gasteiger partial charge < -0.3 is 14.2 Å². The van der Waals surface area contributed by atoms with E-state index in [1.54, 1.807) is 21.3 Å². The lowest BCUT2D eigenvalue weighted by molar-refractivity contribution is 0.394. The molecule has 0 amide bonds. The van der Waals surface area contributed by atoms with Crippen LogP contribution in [0.2, 0.25) is 0 Å². The van der Waals surface area contributed by atoms with Gasteiger partial charge in [-0.15, -0.1) is 0 Å². The van der Waals surface area contributed by atoms with Gasteiger partial charge in [-0.05, 0) is 83.3 Å². The van der Waals surface area contributed by atoms with Gasteiger partial charge in [-0.3, -0.25) is 0 Å². The number of aryl methyl sites for hydroxylation is 2. The number of ether oxygens (including phenoxy) is 3. The zero-order chi connectivity index (χ0) is 25.2. The Hall–Kier alpha value is -3.72. The number of rotatable bonds is 12. The molecule has 36 heavy (non-hydrogen) atoms. The second-order valence-corrected chi connectivity index (χ2v) is 9.14. The number of hydrogen-bond donors (Lipinski definition) is 0. The van der Waals surface area contributed by atoms with Gasteiger partial charge in [-0.1, -0.05) is 73.5 Å². The molecule has 3 nitrogen and oxygen atoms in total. The molecule has 0 saturated heterocycles. The van der Waals surface area contributed by atoms with Crippen LogP contribution in [0.25, 0.3) is 22.3 Å². The van der Waals surface area contributed by atoms with Crippen molar-refractivity contribution >= 4 is 0 Å². The molecule has 0 atom stereocenters. The molecule has 0 radical (unpaired) electrons. The molecule has 0 fully saturated rings. The van der Waals surface area contributed by atoms with E-state index in [4.69, 9.17) is 14.2 Å². The second-order valence-electron chi connectivity index (χ2n) is 9.14.